The van der Waals surface area contributed by atoms with Crippen molar-refractivity contribution in [3.8, 4) is 0 Å². The molecular formula is C11H15ClN2O3S. The van der Waals surface area contributed by atoms with E-state index < -0.39 is 10.0 Å². The van der Waals surface area contributed by atoms with Gasteiger partial charge in [-0.25, -0.2) is 13.1 Å². The third kappa shape index (κ3) is 3.97. The number of halogens is 1. The fourth-order valence-corrected chi connectivity index (χ4v) is 2.31. The van der Waals surface area contributed by atoms with E-state index in [1.807, 2.05) is 0 Å². The molecule has 0 unspecified atom stereocenters. The van der Waals surface area contributed by atoms with Crippen molar-refractivity contribution in [2.75, 3.05) is 20.6 Å². The highest BCUT2D eigenvalue weighted by Gasteiger charge is 2.15. The van der Waals surface area contributed by atoms with E-state index in [0.29, 0.717) is 5.88 Å². The Morgan fingerprint density at radius 3 is 2.28 bits per heavy atom. The van der Waals surface area contributed by atoms with Gasteiger partial charge < -0.3 is 4.90 Å². The fraction of sp³-hybridized carbons (Fsp3) is 0.364. The molecule has 7 heteroatoms. The van der Waals surface area contributed by atoms with Crippen molar-refractivity contribution in [1.29, 1.82) is 0 Å². The zero-order valence-electron chi connectivity index (χ0n) is 10.2. The molecule has 0 saturated carbocycles. The molecule has 0 spiro atoms. The first kappa shape index (κ1) is 14.9. The third-order valence-electron chi connectivity index (χ3n) is 2.30. The minimum Gasteiger partial charge on any atom is -0.348 e. The van der Waals surface area contributed by atoms with E-state index in [1.54, 1.807) is 26.2 Å². The monoisotopic (exact) mass is 290 g/mol. The summed E-state index contributed by atoms with van der Waals surface area (Å²) in [6.07, 6.45) is 0. The number of amides is 1. The summed E-state index contributed by atoms with van der Waals surface area (Å²) in [4.78, 5) is 12.7. The highest BCUT2D eigenvalue weighted by molar-refractivity contribution is 7.89. The molecule has 0 bridgehead atoms. The Morgan fingerprint density at radius 1 is 1.28 bits per heavy atom. The van der Waals surface area contributed by atoms with Gasteiger partial charge in [0.2, 0.25) is 15.9 Å². The largest absolute Gasteiger partial charge is 0.348 e. The molecule has 5 nitrogen and oxygen atoms in total. The first-order chi connectivity index (χ1) is 8.36. The number of nitrogens with zero attached hydrogens (tertiary/aromatic N) is 1. The number of nitrogens with one attached hydrogen (secondary N) is 1. The van der Waals surface area contributed by atoms with E-state index in [-0.39, 0.29) is 17.3 Å². The maximum atomic E-state index is 11.8. The Kier molecular flexibility index (Phi) is 5.13. The number of carbonyl (C=O) groups is 1. The molecule has 1 aromatic rings. The zero-order valence-corrected chi connectivity index (χ0v) is 11.8. The zero-order chi connectivity index (χ0) is 13.8. The van der Waals surface area contributed by atoms with Crippen molar-refractivity contribution in [3.05, 3.63) is 29.8 Å². The van der Waals surface area contributed by atoms with Gasteiger partial charge in [0.1, 0.15) is 0 Å². The predicted octanol–water partition coefficient (Wildman–Crippen LogP) is 0.792. The summed E-state index contributed by atoms with van der Waals surface area (Å²) in [5, 5.41) is 0. The standard InChI is InChI=1S/C11H15ClN2O3S/c1-14(2)11(15)8-13-18(16,17)10-5-3-9(7-12)4-6-10/h3-6,13H,7-8H2,1-2H3. The topological polar surface area (TPSA) is 66.5 Å². The normalized spacial score (nSPS) is 11.3. The molecule has 0 atom stereocenters. The minimum absolute atomic E-state index is 0.114. The van der Waals surface area contributed by atoms with Gasteiger partial charge in [-0.15, -0.1) is 11.6 Å². The number of sulfonamides is 1. The van der Waals surface area contributed by atoms with Crippen LogP contribution in [0.1, 0.15) is 5.56 Å². The Morgan fingerprint density at radius 2 is 1.83 bits per heavy atom. The summed E-state index contributed by atoms with van der Waals surface area (Å²) in [6.45, 7) is -0.257. The van der Waals surface area contributed by atoms with E-state index in [2.05, 4.69) is 4.72 Å². The van der Waals surface area contributed by atoms with Crippen LogP contribution >= 0.6 is 11.6 Å². The molecule has 1 aromatic carbocycles. The lowest BCUT2D eigenvalue weighted by molar-refractivity contribution is -0.127. The molecule has 0 radical (unpaired) electrons. The van der Waals surface area contributed by atoms with E-state index in [1.165, 1.54) is 17.0 Å². The van der Waals surface area contributed by atoms with Gasteiger partial charge in [-0.05, 0) is 17.7 Å². The van der Waals surface area contributed by atoms with Gasteiger partial charge in [-0.3, -0.25) is 4.79 Å². The van der Waals surface area contributed by atoms with Crippen molar-refractivity contribution in [2.24, 2.45) is 0 Å². The lowest BCUT2D eigenvalue weighted by atomic mass is 10.2. The molecule has 0 heterocycles. The van der Waals surface area contributed by atoms with Gasteiger partial charge in [0.15, 0.2) is 0 Å². The number of hydrogen-bond donors (Lipinski definition) is 1. The molecule has 1 amide bonds. The van der Waals surface area contributed by atoms with Crippen LogP contribution in [0.5, 0.6) is 0 Å². The fourth-order valence-electron chi connectivity index (χ4n) is 1.16. The second kappa shape index (κ2) is 6.17. The summed E-state index contributed by atoms with van der Waals surface area (Å²) in [5.41, 5.74) is 0.833. The average Bonchev–Trinajstić information content (AvgIpc) is 2.36. The summed E-state index contributed by atoms with van der Waals surface area (Å²) >= 11 is 5.62. The van der Waals surface area contributed by atoms with E-state index in [0.717, 1.165) is 5.56 Å². The molecule has 0 aliphatic rings. The van der Waals surface area contributed by atoms with Crippen LogP contribution in [0.15, 0.2) is 29.2 Å². The molecule has 1 rings (SSSR count). The highest BCUT2D eigenvalue weighted by atomic mass is 35.5. The number of carbonyl (C=O) groups excluding carboxylic acids is 1. The quantitative estimate of drug-likeness (QED) is 0.816. The third-order valence-corrected chi connectivity index (χ3v) is 4.03. The van der Waals surface area contributed by atoms with Crippen LogP contribution in [-0.2, 0) is 20.7 Å². The Hall–Kier alpha value is -1.11. The Labute approximate surface area is 112 Å². The number of benzene rings is 1. The predicted molar refractivity (Wildman–Crippen MR) is 69.9 cm³/mol. The lowest BCUT2D eigenvalue weighted by Gasteiger charge is -2.11. The van der Waals surface area contributed by atoms with Gasteiger partial charge in [-0.1, -0.05) is 12.1 Å². The van der Waals surface area contributed by atoms with Gasteiger partial charge >= 0.3 is 0 Å². The Balaban J connectivity index is 2.77. The van der Waals surface area contributed by atoms with Crippen LogP contribution < -0.4 is 4.72 Å². The summed E-state index contributed by atoms with van der Waals surface area (Å²) in [6, 6.07) is 6.19. The van der Waals surface area contributed by atoms with Crippen LogP contribution in [0.25, 0.3) is 0 Å². The van der Waals surface area contributed by atoms with Crippen LogP contribution in [0.4, 0.5) is 0 Å². The molecular weight excluding hydrogens is 276 g/mol. The minimum atomic E-state index is -3.65. The summed E-state index contributed by atoms with van der Waals surface area (Å²) in [7, 11) is -0.532. The summed E-state index contributed by atoms with van der Waals surface area (Å²) < 4.78 is 25.9. The maximum Gasteiger partial charge on any atom is 0.241 e. The van der Waals surface area contributed by atoms with E-state index in [9.17, 15) is 13.2 Å². The molecule has 18 heavy (non-hydrogen) atoms. The molecule has 0 aliphatic heterocycles. The first-order valence-electron chi connectivity index (χ1n) is 5.21. The lowest BCUT2D eigenvalue weighted by Crippen LogP contribution is -2.36. The van der Waals surface area contributed by atoms with Crippen LogP contribution in [0.3, 0.4) is 0 Å². The maximum absolute atomic E-state index is 11.8. The van der Waals surface area contributed by atoms with Crippen LogP contribution in [0, 0.1) is 0 Å². The van der Waals surface area contributed by atoms with Crippen molar-refractivity contribution in [1.82, 2.24) is 9.62 Å². The molecule has 0 fully saturated rings. The van der Waals surface area contributed by atoms with Crippen LogP contribution in [-0.4, -0.2) is 39.9 Å². The average molecular weight is 291 g/mol. The van der Waals surface area contributed by atoms with Crippen molar-refractivity contribution in [3.63, 3.8) is 0 Å². The summed E-state index contributed by atoms with van der Waals surface area (Å²) in [5.74, 6) is 0.0170. The number of likely N-dealkylation sites (N-methyl/N-ethyl adjacent to an activating group) is 1. The molecule has 1 N–H and O–H groups in total. The van der Waals surface area contributed by atoms with Gasteiger partial charge in [0, 0.05) is 20.0 Å². The Bertz CT molecular complexity index is 512. The highest BCUT2D eigenvalue weighted by Crippen LogP contribution is 2.11. The molecule has 0 aromatic heterocycles. The number of rotatable bonds is 5. The number of alkyl halides is 1. The SMILES string of the molecule is CN(C)C(=O)CNS(=O)(=O)c1ccc(CCl)cc1. The van der Waals surface area contributed by atoms with E-state index >= 15 is 0 Å². The van der Waals surface area contributed by atoms with Gasteiger partial charge in [0.05, 0.1) is 11.4 Å². The van der Waals surface area contributed by atoms with Gasteiger partial charge in [-0.2, -0.15) is 0 Å². The second-order valence-corrected chi connectivity index (χ2v) is 5.92. The smallest absolute Gasteiger partial charge is 0.241 e. The molecule has 0 saturated heterocycles. The molecule has 0 aliphatic carbocycles. The van der Waals surface area contributed by atoms with Gasteiger partial charge in [0.25, 0.3) is 0 Å². The molecule has 100 valence electrons. The first-order valence-corrected chi connectivity index (χ1v) is 7.23. The van der Waals surface area contributed by atoms with Crippen molar-refractivity contribution < 1.29 is 13.2 Å². The van der Waals surface area contributed by atoms with Crippen LogP contribution in [0.2, 0.25) is 0 Å². The van der Waals surface area contributed by atoms with Crippen molar-refractivity contribution in [2.45, 2.75) is 10.8 Å². The van der Waals surface area contributed by atoms with E-state index in [4.69, 9.17) is 11.6 Å². The van der Waals surface area contributed by atoms with Crippen molar-refractivity contribution >= 4 is 27.5 Å². The number of hydrogen-bond acceptors (Lipinski definition) is 3. The second-order valence-electron chi connectivity index (χ2n) is 3.89.